The first-order chi connectivity index (χ1) is 8.16. The van der Waals surface area contributed by atoms with Crippen molar-refractivity contribution in [2.45, 2.75) is 0 Å². The molecular formula is C13H9BrFNO. The summed E-state index contributed by atoms with van der Waals surface area (Å²) in [5.41, 5.74) is 1.10. The average molecular weight is 294 g/mol. The second-order valence-corrected chi connectivity index (χ2v) is 4.30. The molecule has 1 N–H and O–H groups in total. The third kappa shape index (κ3) is 2.91. The SMILES string of the molecule is O=C(Nc1ccccc1)c1ccc(F)cc1Br. The number of halogens is 2. The van der Waals surface area contributed by atoms with E-state index >= 15 is 0 Å². The van der Waals surface area contributed by atoms with E-state index in [1.54, 1.807) is 12.1 Å². The monoisotopic (exact) mass is 293 g/mol. The van der Waals surface area contributed by atoms with Crippen LogP contribution in [0.2, 0.25) is 0 Å². The van der Waals surface area contributed by atoms with E-state index < -0.39 is 0 Å². The van der Waals surface area contributed by atoms with E-state index in [2.05, 4.69) is 21.2 Å². The largest absolute Gasteiger partial charge is 0.322 e. The number of para-hydroxylation sites is 1. The van der Waals surface area contributed by atoms with Crippen LogP contribution in [0.4, 0.5) is 10.1 Å². The van der Waals surface area contributed by atoms with Gasteiger partial charge >= 0.3 is 0 Å². The van der Waals surface area contributed by atoms with Gasteiger partial charge in [-0.3, -0.25) is 4.79 Å². The summed E-state index contributed by atoms with van der Waals surface area (Å²) in [6, 6.07) is 13.1. The Morgan fingerprint density at radius 3 is 2.47 bits per heavy atom. The van der Waals surface area contributed by atoms with Gasteiger partial charge in [0.2, 0.25) is 0 Å². The Kier molecular flexibility index (Phi) is 3.54. The Morgan fingerprint density at radius 1 is 1.12 bits per heavy atom. The summed E-state index contributed by atoms with van der Waals surface area (Å²) in [6.45, 7) is 0. The van der Waals surface area contributed by atoms with Gasteiger partial charge in [-0.1, -0.05) is 18.2 Å². The second-order valence-electron chi connectivity index (χ2n) is 3.44. The second kappa shape index (κ2) is 5.10. The summed E-state index contributed by atoms with van der Waals surface area (Å²) >= 11 is 3.16. The van der Waals surface area contributed by atoms with Gasteiger partial charge in [-0.25, -0.2) is 4.39 Å². The number of rotatable bonds is 2. The first-order valence-electron chi connectivity index (χ1n) is 4.98. The molecule has 4 heteroatoms. The molecule has 0 heterocycles. The topological polar surface area (TPSA) is 29.1 Å². The summed E-state index contributed by atoms with van der Waals surface area (Å²) in [5, 5.41) is 2.73. The summed E-state index contributed by atoms with van der Waals surface area (Å²) in [4.78, 5) is 11.9. The van der Waals surface area contributed by atoms with Crippen LogP contribution in [0.5, 0.6) is 0 Å². The number of anilines is 1. The van der Waals surface area contributed by atoms with Gasteiger partial charge in [0.05, 0.1) is 5.56 Å². The fraction of sp³-hybridized carbons (Fsp3) is 0. The molecule has 0 aromatic heterocycles. The highest BCUT2D eigenvalue weighted by atomic mass is 79.9. The Balaban J connectivity index is 2.21. The summed E-state index contributed by atoms with van der Waals surface area (Å²) in [6.07, 6.45) is 0. The normalized spacial score (nSPS) is 10.0. The van der Waals surface area contributed by atoms with Gasteiger partial charge in [0.15, 0.2) is 0 Å². The van der Waals surface area contributed by atoms with Crippen LogP contribution in [0.1, 0.15) is 10.4 Å². The van der Waals surface area contributed by atoms with Crippen molar-refractivity contribution in [1.82, 2.24) is 0 Å². The highest BCUT2D eigenvalue weighted by molar-refractivity contribution is 9.10. The lowest BCUT2D eigenvalue weighted by atomic mass is 10.2. The van der Waals surface area contributed by atoms with Crippen molar-refractivity contribution < 1.29 is 9.18 Å². The number of hydrogen-bond acceptors (Lipinski definition) is 1. The predicted octanol–water partition coefficient (Wildman–Crippen LogP) is 3.84. The molecule has 0 radical (unpaired) electrons. The first kappa shape index (κ1) is 11.8. The Bertz CT molecular complexity index is 542. The molecule has 0 fully saturated rings. The van der Waals surface area contributed by atoms with Gasteiger partial charge in [-0.2, -0.15) is 0 Å². The standard InChI is InChI=1S/C13H9BrFNO/c14-12-8-9(15)6-7-11(12)13(17)16-10-4-2-1-3-5-10/h1-8H,(H,16,17). The molecule has 0 aliphatic carbocycles. The molecule has 0 unspecified atom stereocenters. The van der Waals surface area contributed by atoms with Crippen LogP contribution in [-0.4, -0.2) is 5.91 Å². The molecular weight excluding hydrogens is 285 g/mol. The molecule has 86 valence electrons. The van der Waals surface area contributed by atoms with E-state index in [1.807, 2.05) is 18.2 Å². The van der Waals surface area contributed by atoms with E-state index in [1.165, 1.54) is 18.2 Å². The fourth-order valence-corrected chi connectivity index (χ4v) is 1.92. The van der Waals surface area contributed by atoms with Crippen molar-refractivity contribution in [1.29, 1.82) is 0 Å². The third-order valence-electron chi connectivity index (χ3n) is 2.21. The maximum atomic E-state index is 12.9. The van der Waals surface area contributed by atoms with Crippen molar-refractivity contribution in [3.8, 4) is 0 Å². The Morgan fingerprint density at radius 2 is 1.82 bits per heavy atom. The molecule has 2 rings (SSSR count). The minimum absolute atomic E-state index is 0.275. The van der Waals surface area contributed by atoms with Crippen LogP contribution in [-0.2, 0) is 0 Å². The highest BCUT2D eigenvalue weighted by Crippen LogP contribution is 2.19. The van der Waals surface area contributed by atoms with Gasteiger partial charge in [-0.15, -0.1) is 0 Å². The average Bonchev–Trinajstić information content (AvgIpc) is 2.30. The number of hydrogen-bond donors (Lipinski definition) is 1. The molecule has 0 aliphatic heterocycles. The number of benzene rings is 2. The van der Waals surface area contributed by atoms with Crippen LogP contribution in [0.15, 0.2) is 53.0 Å². The third-order valence-corrected chi connectivity index (χ3v) is 2.86. The van der Waals surface area contributed by atoms with Gasteiger partial charge in [0.25, 0.3) is 5.91 Å². The van der Waals surface area contributed by atoms with Crippen LogP contribution < -0.4 is 5.32 Å². The lowest BCUT2D eigenvalue weighted by Gasteiger charge is -2.06. The maximum Gasteiger partial charge on any atom is 0.256 e. The highest BCUT2D eigenvalue weighted by Gasteiger charge is 2.10. The van der Waals surface area contributed by atoms with E-state index in [0.717, 1.165) is 0 Å². The Labute approximate surface area is 107 Å². The number of nitrogens with one attached hydrogen (secondary N) is 1. The molecule has 2 aromatic carbocycles. The van der Waals surface area contributed by atoms with Crippen LogP contribution >= 0.6 is 15.9 Å². The Hall–Kier alpha value is -1.68. The molecule has 0 aliphatic rings. The zero-order chi connectivity index (χ0) is 12.3. The summed E-state index contributed by atoms with van der Waals surface area (Å²) in [5.74, 6) is -0.656. The van der Waals surface area contributed by atoms with Gasteiger partial charge in [0.1, 0.15) is 5.82 Å². The lowest BCUT2D eigenvalue weighted by molar-refractivity contribution is 0.102. The fourth-order valence-electron chi connectivity index (χ4n) is 1.39. The van der Waals surface area contributed by atoms with Crippen LogP contribution in [0.3, 0.4) is 0 Å². The maximum absolute atomic E-state index is 12.9. The van der Waals surface area contributed by atoms with Gasteiger partial charge < -0.3 is 5.32 Å². The van der Waals surface area contributed by atoms with Crippen molar-refractivity contribution in [3.63, 3.8) is 0 Å². The molecule has 0 saturated carbocycles. The molecule has 0 bridgehead atoms. The predicted molar refractivity (Wildman–Crippen MR) is 68.5 cm³/mol. The summed E-state index contributed by atoms with van der Waals surface area (Å²) in [7, 11) is 0. The molecule has 17 heavy (non-hydrogen) atoms. The molecule has 1 amide bonds. The molecule has 0 saturated heterocycles. The number of carbonyl (C=O) groups is 1. The smallest absolute Gasteiger partial charge is 0.256 e. The van der Waals surface area contributed by atoms with E-state index in [0.29, 0.717) is 15.7 Å². The minimum atomic E-state index is -0.381. The van der Waals surface area contributed by atoms with Crippen molar-refractivity contribution in [3.05, 3.63) is 64.4 Å². The first-order valence-corrected chi connectivity index (χ1v) is 5.77. The van der Waals surface area contributed by atoms with E-state index in [4.69, 9.17) is 0 Å². The minimum Gasteiger partial charge on any atom is -0.322 e. The molecule has 0 atom stereocenters. The lowest BCUT2D eigenvalue weighted by Crippen LogP contribution is -2.12. The van der Waals surface area contributed by atoms with Crippen molar-refractivity contribution >= 4 is 27.5 Å². The number of carbonyl (C=O) groups excluding carboxylic acids is 1. The van der Waals surface area contributed by atoms with E-state index in [9.17, 15) is 9.18 Å². The quantitative estimate of drug-likeness (QED) is 0.895. The molecule has 2 aromatic rings. The molecule has 0 spiro atoms. The van der Waals surface area contributed by atoms with Crippen LogP contribution in [0.25, 0.3) is 0 Å². The summed E-state index contributed by atoms with van der Waals surface area (Å²) < 4.78 is 13.3. The number of amides is 1. The van der Waals surface area contributed by atoms with Gasteiger partial charge in [-0.05, 0) is 46.3 Å². The van der Waals surface area contributed by atoms with Crippen LogP contribution in [0, 0.1) is 5.82 Å². The zero-order valence-corrected chi connectivity index (χ0v) is 10.4. The van der Waals surface area contributed by atoms with Crippen molar-refractivity contribution in [2.24, 2.45) is 0 Å². The van der Waals surface area contributed by atoms with Gasteiger partial charge in [0, 0.05) is 10.2 Å². The van der Waals surface area contributed by atoms with E-state index in [-0.39, 0.29) is 11.7 Å². The zero-order valence-electron chi connectivity index (χ0n) is 8.78. The van der Waals surface area contributed by atoms with Crippen molar-refractivity contribution in [2.75, 3.05) is 5.32 Å². The molecule has 2 nitrogen and oxygen atoms in total.